The van der Waals surface area contributed by atoms with Gasteiger partial charge in [-0.3, -0.25) is 9.52 Å². The monoisotopic (exact) mass is 573 g/mol. The van der Waals surface area contributed by atoms with Crippen LogP contribution in [-0.2, 0) is 31.3 Å². The summed E-state index contributed by atoms with van der Waals surface area (Å²) in [5.74, 6) is -0.204. The number of aliphatic hydroxyl groups is 1. The van der Waals surface area contributed by atoms with Gasteiger partial charge in [-0.25, -0.2) is 21.1 Å². The molecule has 2 aromatic carbocycles. The highest BCUT2D eigenvalue weighted by atomic mass is 35.5. The highest BCUT2D eigenvalue weighted by molar-refractivity contribution is 7.92. The molecule has 13 heteroatoms. The Hall–Kier alpha value is -2.38. The summed E-state index contributed by atoms with van der Waals surface area (Å²) in [5, 5.41) is 10.1. The molecule has 0 bridgehead atoms. The minimum Gasteiger partial charge on any atom is -0.488 e. The van der Waals surface area contributed by atoms with Crippen molar-refractivity contribution >= 4 is 43.2 Å². The topological polar surface area (TPSA) is 133 Å². The van der Waals surface area contributed by atoms with Crippen molar-refractivity contribution in [3.63, 3.8) is 0 Å². The lowest BCUT2D eigenvalue weighted by Crippen LogP contribution is -2.48. The van der Waals surface area contributed by atoms with Gasteiger partial charge in [0.1, 0.15) is 11.9 Å². The third-order valence-electron chi connectivity index (χ3n) is 6.30. The predicted molar refractivity (Wildman–Crippen MR) is 142 cm³/mol. The zero-order valence-electron chi connectivity index (χ0n) is 21.1. The van der Waals surface area contributed by atoms with E-state index in [1.807, 2.05) is 6.92 Å². The molecule has 0 radical (unpaired) electrons. The zero-order chi connectivity index (χ0) is 27.5. The van der Waals surface area contributed by atoms with Crippen molar-refractivity contribution in [3.8, 4) is 5.75 Å². The number of anilines is 1. The number of benzene rings is 2. The third kappa shape index (κ3) is 7.35. The lowest BCUT2D eigenvalue weighted by molar-refractivity contribution is -0.134. The number of halogens is 1. The number of aliphatic hydroxyl groups excluding tert-OH is 1. The summed E-state index contributed by atoms with van der Waals surface area (Å²) in [4.78, 5) is 14.8. The molecule has 0 aromatic heterocycles. The van der Waals surface area contributed by atoms with Crippen molar-refractivity contribution in [2.24, 2.45) is 5.92 Å². The summed E-state index contributed by atoms with van der Waals surface area (Å²) in [7, 11) is -5.96. The Balaban J connectivity index is 1.99. The van der Waals surface area contributed by atoms with Gasteiger partial charge in [0.05, 0.1) is 36.8 Å². The number of rotatable bonds is 8. The van der Waals surface area contributed by atoms with Crippen LogP contribution >= 0.6 is 11.6 Å². The average Bonchev–Trinajstić information content (AvgIpc) is 2.86. The van der Waals surface area contributed by atoms with Gasteiger partial charge in [0.25, 0.3) is 10.0 Å². The van der Waals surface area contributed by atoms with Crippen LogP contribution in [0.25, 0.3) is 0 Å². The number of likely N-dealkylation sites (N-methyl/N-ethyl adjacent to an activating group) is 1. The van der Waals surface area contributed by atoms with Crippen LogP contribution in [0.15, 0.2) is 47.4 Å². The predicted octanol–water partition coefficient (Wildman–Crippen LogP) is 2.18. The second kappa shape index (κ2) is 11.6. The molecule has 204 valence electrons. The van der Waals surface area contributed by atoms with Crippen LogP contribution in [0, 0.1) is 5.92 Å². The molecule has 1 heterocycles. The molecule has 2 N–H and O–H groups in total. The van der Waals surface area contributed by atoms with Gasteiger partial charge in [-0.05, 0) is 49.4 Å². The molecule has 0 spiro atoms. The second-order valence-corrected chi connectivity index (χ2v) is 13.5. The molecule has 1 aliphatic heterocycles. The molecule has 2 aromatic rings. The van der Waals surface area contributed by atoms with Gasteiger partial charge in [0, 0.05) is 35.8 Å². The third-order valence-corrected chi connectivity index (χ3v) is 9.23. The molecule has 0 unspecified atom stereocenters. The number of hydrogen-bond acceptors (Lipinski definition) is 7. The number of nitrogens with one attached hydrogen (secondary N) is 1. The molecular formula is C24H32ClN3O7S2. The Morgan fingerprint density at radius 3 is 2.43 bits per heavy atom. The first kappa shape index (κ1) is 29.2. The minimum atomic E-state index is -3.92. The maximum atomic E-state index is 13.3. The number of amides is 1. The Bertz CT molecular complexity index is 1330. The van der Waals surface area contributed by atoms with Crippen molar-refractivity contribution in [2.75, 3.05) is 37.7 Å². The standard InChI is InChI=1S/C24H32ClN3O7S2/c1-16-13-28(17(2)15-29)24(30)12-18-11-20(26-37(33,34)21-8-5-19(25)6-9-21)7-10-22(18)35-23(16)14-27(3)36(4,31)32/h5-11,16-17,23,26,29H,12-15H2,1-4H3/t16-,17-,23+/m0/s1. The van der Waals surface area contributed by atoms with Crippen LogP contribution in [-0.4, -0.2) is 82.2 Å². The Morgan fingerprint density at radius 2 is 1.84 bits per heavy atom. The fourth-order valence-corrected chi connectivity index (χ4v) is 5.52. The van der Waals surface area contributed by atoms with Crippen LogP contribution in [0.2, 0.25) is 5.02 Å². The molecule has 1 aliphatic rings. The lowest BCUT2D eigenvalue weighted by Gasteiger charge is -2.33. The molecule has 1 amide bonds. The molecular weight excluding hydrogens is 542 g/mol. The fourth-order valence-electron chi connectivity index (χ4n) is 3.93. The molecule has 10 nitrogen and oxygen atoms in total. The maximum Gasteiger partial charge on any atom is 0.261 e. The molecule has 0 saturated carbocycles. The van der Waals surface area contributed by atoms with E-state index in [0.717, 1.165) is 6.26 Å². The van der Waals surface area contributed by atoms with Crippen molar-refractivity contribution in [1.29, 1.82) is 0 Å². The van der Waals surface area contributed by atoms with Gasteiger partial charge >= 0.3 is 0 Å². The van der Waals surface area contributed by atoms with E-state index in [0.29, 0.717) is 16.3 Å². The number of nitrogens with zero attached hydrogens (tertiary/aromatic N) is 2. The fraction of sp³-hybridized carbons (Fsp3) is 0.458. The summed E-state index contributed by atoms with van der Waals surface area (Å²) in [5.41, 5.74) is 0.654. The van der Waals surface area contributed by atoms with Crippen molar-refractivity contribution in [3.05, 3.63) is 53.1 Å². The van der Waals surface area contributed by atoms with E-state index in [2.05, 4.69) is 4.72 Å². The van der Waals surface area contributed by atoms with Gasteiger partial charge in [0.15, 0.2) is 0 Å². The van der Waals surface area contributed by atoms with Crippen LogP contribution < -0.4 is 9.46 Å². The highest BCUT2D eigenvalue weighted by Gasteiger charge is 2.32. The van der Waals surface area contributed by atoms with E-state index in [4.69, 9.17) is 16.3 Å². The van der Waals surface area contributed by atoms with Crippen molar-refractivity contribution < 1.29 is 31.5 Å². The molecule has 0 aliphatic carbocycles. The summed E-state index contributed by atoms with van der Waals surface area (Å²) in [6.07, 6.45) is 0.385. The van der Waals surface area contributed by atoms with Gasteiger partial charge < -0.3 is 14.7 Å². The van der Waals surface area contributed by atoms with Gasteiger partial charge in [0.2, 0.25) is 15.9 Å². The van der Waals surface area contributed by atoms with Gasteiger partial charge in [-0.1, -0.05) is 18.5 Å². The van der Waals surface area contributed by atoms with E-state index in [1.54, 1.807) is 17.9 Å². The summed E-state index contributed by atoms with van der Waals surface area (Å²) in [6, 6.07) is 9.84. The SMILES string of the molecule is C[C@H]1CN([C@@H](C)CO)C(=O)Cc2cc(NS(=O)(=O)c3ccc(Cl)cc3)ccc2O[C@@H]1CN(C)S(C)(=O)=O. The first-order valence-corrected chi connectivity index (χ1v) is 15.3. The van der Waals surface area contributed by atoms with Crippen molar-refractivity contribution in [1.82, 2.24) is 9.21 Å². The number of ether oxygens (including phenoxy) is 1. The second-order valence-electron chi connectivity index (χ2n) is 9.31. The van der Waals surface area contributed by atoms with Crippen LogP contribution in [0.4, 0.5) is 5.69 Å². The zero-order valence-corrected chi connectivity index (χ0v) is 23.5. The maximum absolute atomic E-state index is 13.3. The molecule has 3 atom stereocenters. The van der Waals surface area contributed by atoms with Crippen molar-refractivity contribution in [2.45, 2.75) is 37.3 Å². The quantitative estimate of drug-likeness (QED) is 0.494. The average molecular weight is 574 g/mol. The Morgan fingerprint density at radius 1 is 1.19 bits per heavy atom. The van der Waals surface area contributed by atoms with E-state index in [-0.39, 0.29) is 48.5 Å². The summed E-state index contributed by atoms with van der Waals surface area (Å²) >= 11 is 5.86. The van der Waals surface area contributed by atoms with Gasteiger partial charge in [-0.2, -0.15) is 0 Å². The normalized spacial score (nSPS) is 19.9. The van der Waals surface area contributed by atoms with E-state index in [1.165, 1.54) is 47.8 Å². The minimum absolute atomic E-state index is 0.0217. The largest absolute Gasteiger partial charge is 0.488 e. The summed E-state index contributed by atoms with van der Waals surface area (Å²) in [6.45, 7) is 3.61. The van der Waals surface area contributed by atoms with Crippen LogP contribution in [0.1, 0.15) is 19.4 Å². The van der Waals surface area contributed by atoms with Crippen LogP contribution in [0.3, 0.4) is 0 Å². The summed E-state index contributed by atoms with van der Waals surface area (Å²) < 4.78 is 59.8. The first-order chi connectivity index (χ1) is 17.2. The number of carbonyl (C=O) groups excluding carboxylic acids is 1. The molecule has 0 saturated heterocycles. The first-order valence-electron chi connectivity index (χ1n) is 11.6. The van der Waals surface area contributed by atoms with E-state index in [9.17, 15) is 26.7 Å². The Labute approximate surface area is 223 Å². The highest BCUT2D eigenvalue weighted by Crippen LogP contribution is 2.30. The van der Waals surface area contributed by atoms with Crippen LogP contribution in [0.5, 0.6) is 5.75 Å². The number of carbonyl (C=O) groups is 1. The molecule has 37 heavy (non-hydrogen) atoms. The van der Waals surface area contributed by atoms with E-state index >= 15 is 0 Å². The Kier molecular flexibility index (Phi) is 9.12. The van der Waals surface area contributed by atoms with Gasteiger partial charge in [-0.15, -0.1) is 0 Å². The molecule has 3 rings (SSSR count). The van der Waals surface area contributed by atoms with E-state index < -0.39 is 32.2 Å². The number of fused-ring (bicyclic) bond motifs is 1. The number of hydrogen-bond donors (Lipinski definition) is 2. The smallest absolute Gasteiger partial charge is 0.261 e. The molecule has 0 fully saturated rings. The lowest BCUT2D eigenvalue weighted by atomic mass is 10.0. The number of sulfonamides is 2.